The number of aromatic hydroxyl groups is 1. The number of carbonyl (C=O) groups is 2. The van der Waals surface area contributed by atoms with Gasteiger partial charge in [0, 0.05) is 18.5 Å². The van der Waals surface area contributed by atoms with E-state index < -0.39 is 5.97 Å². The van der Waals surface area contributed by atoms with E-state index in [2.05, 4.69) is 29.2 Å². The van der Waals surface area contributed by atoms with Crippen LogP contribution in [0.15, 0.2) is 66.7 Å². The SMILES string of the molecule is CCOC(=O)CCC(=O)c1nc(Cc2ccccc2Cc2ccccc2)ccc1O. The van der Waals surface area contributed by atoms with E-state index in [9.17, 15) is 14.7 Å². The molecule has 0 spiro atoms. The molecule has 1 aromatic heterocycles. The second kappa shape index (κ2) is 10.3. The van der Waals surface area contributed by atoms with Gasteiger partial charge in [0.1, 0.15) is 11.4 Å². The van der Waals surface area contributed by atoms with Crippen molar-refractivity contribution in [2.45, 2.75) is 32.6 Å². The van der Waals surface area contributed by atoms with E-state index in [1.54, 1.807) is 13.0 Å². The second-order valence-electron chi connectivity index (χ2n) is 7.01. The minimum Gasteiger partial charge on any atom is -0.506 e. The zero-order valence-corrected chi connectivity index (χ0v) is 17.0. The summed E-state index contributed by atoms with van der Waals surface area (Å²) in [4.78, 5) is 28.3. The molecule has 3 rings (SSSR count). The summed E-state index contributed by atoms with van der Waals surface area (Å²) in [6.07, 6.45) is 1.27. The van der Waals surface area contributed by atoms with Gasteiger partial charge in [-0.3, -0.25) is 9.59 Å². The lowest BCUT2D eigenvalue weighted by Crippen LogP contribution is -2.10. The first kappa shape index (κ1) is 21.2. The van der Waals surface area contributed by atoms with Crippen molar-refractivity contribution in [1.82, 2.24) is 4.98 Å². The van der Waals surface area contributed by atoms with Gasteiger partial charge in [0.15, 0.2) is 5.78 Å². The highest BCUT2D eigenvalue weighted by Crippen LogP contribution is 2.21. The maximum absolute atomic E-state index is 12.5. The summed E-state index contributed by atoms with van der Waals surface area (Å²) in [5.41, 5.74) is 4.21. The van der Waals surface area contributed by atoms with Crippen LogP contribution in [0.25, 0.3) is 0 Å². The van der Waals surface area contributed by atoms with Crippen LogP contribution in [0.3, 0.4) is 0 Å². The van der Waals surface area contributed by atoms with Gasteiger partial charge in [-0.25, -0.2) is 4.98 Å². The lowest BCUT2D eigenvalue weighted by Gasteiger charge is -2.11. The van der Waals surface area contributed by atoms with Crippen LogP contribution in [0.1, 0.15) is 52.6 Å². The van der Waals surface area contributed by atoms with E-state index in [4.69, 9.17) is 4.74 Å². The minimum absolute atomic E-state index is 0.00246. The second-order valence-corrected chi connectivity index (χ2v) is 7.01. The summed E-state index contributed by atoms with van der Waals surface area (Å²) < 4.78 is 4.85. The standard InChI is InChI=1S/C25H25NO4/c1-2-30-24(29)15-14-23(28)25-22(27)13-12-21(26-25)17-20-11-7-6-10-19(20)16-18-8-4-3-5-9-18/h3-13,27H,2,14-17H2,1H3. The Morgan fingerprint density at radius 1 is 0.867 bits per heavy atom. The number of aromatic nitrogens is 1. The number of rotatable bonds is 9. The third-order valence-electron chi connectivity index (χ3n) is 4.78. The molecule has 5 nitrogen and oxygen atoms in total. The molecule has 0 bridgehead atoms. The summed E-state index contributed by atoms with van der Waals surface area (Å²) in [6.45, 7) is 1.99. The van der Waals surface area contributed by atoms with Crippen molar-refractivity contribution in [1.29, 1.82) is 0 Å². The third-order valence-corrected chi connectivity index (χ3v) is 4.78. The maximum atomic E-state index is 12.5. The van der Waals surface area contributed by atoms with Crippen molar-refractivity contribution < 1.29 is 19.4 Å². The first-order valence-corrected chi connectivity index (χ1v) is 10.0. The Hall–Kier alpha value is -3.47. The maximum Gasteiger partial charge on any atom is 0.306 e. The molecule has 0 radical (unpaired) electrons. The highest BCUT2D eigenvalue weighted by Gasteiger charge is 2.16. The normalized spacial score (nSPS) is 10.6. The number of ether oxygens (including phenoxy) is 1. The molecule has 0 saturated heterocycles. The van der Waals surface area contributed by atoms with Crippen LogP contribution in [0, 0.1) is 0 Å². The van der Waals surface area contributed by atoms with Crippen molar-refractivity contribution in [3.63, 3.8) is 0 Å². The molecular weight excluding hydrogens is 378 g/mol. The van der Waals surface area contributed by atoms with E-state index in [1.807, 2.05) is 30.3 Å². The number of Topliss-reactive ketones (excluding diaryl/α,β-unsaturated/α-hetero) is 1. The van der Waals surface area contributed by atoms with Gasteiger partial charge in [0.2, 0.25) is 0 Å². The van der Waals surface area contributed by atoms with E-state index >= 15 is 0 Å². The first-order chi connectivity index (χ1) is 14.6. The molecule has 0 amide bonds. The van der Waals surface area contributed by atoms with Crippen molar-refractivity contribution in [3.05, 3.63) is 94.8 Å². The molecule has 0 atom stereocenters. The average Bonchev–Trinajstić information content (AvgIpc) is 2.76. The number of nitrogens with zero attached hydrogens (tertiary/aromatic N) is 1. The molecule has 0 aliphatic rings. The van der Waals surface area contributed by atoms with Crippen molar-refractivity contribution in [3.8, 4) is 5.75 Å². The van der Waals surface area contributed by atoms with Gasteiger partial charge in [-0.15, -0.1) is 0 Å². The Morgan fingerprint density at radius 3 is 2.23 bits per heavy atom. The molecule has 154 valence electrons. The number of hydrogen-bond acceptors (Lipinski definition) is 5. The van der Waals surface area contributed by atoms with Gasteiger partial charge in [0.05, 0.1) is 13.0 Å². The van der Waals surface area contributed by atoms with E-state index in [1.165, 1.54) is 17.2 Å². The monoisotopic (exact) mass is 403 g/mol. The van der Waals surface area contributed by atoms with Crippen molar-refractivity contribution in [2.24, 2.45) is 0 Å². The summed E-state index contributed by atoms with van der Waals surface area (Å²) in [5, 5.41) is 10.1. The fraction of sp³-hybridized carbons (Fsp3) is 0.240. The molecular formula is C25H25NO4. The fourth-order valence-electron chi connectivity index (χ4n) is 3.28. The zero-order chi connectivity index (χ0) is 21.3. The van der Waals surface area contributed by atoms with Crippen LogP contribution in [-0.2, 0) is 22.4 Å². The van der Waals surface area contributed by atoms with Crippen LogP contribution in [0.4, 0.5) is 0 Å². The molecule has 0 aliphatic carbocycles. The summed E-state index contributed by atoms with van der Waals surface area (Å²) >= 11 is 0. The number of hydrogen-bond donors (Lipinski definition) is 1. The number of benzene rings is 2. The van der Waals surface area contributed by atoms with Crippen molar-refractivity contribution >= 4 is 11.8 Å². The van der Waals surface area contributed by atoms with Gasteiger partial charge in [0.25, 0.3) is 0 Å². The highest BCUT2D eigenvalue weighted by atomic mass is 16.5. The molecule has 5 heteroatoms. The number of esters is 1. The van der Waals surface area contributed by atoms with E-state index in [0.29, 0.717) is 12.1 Å². The summed E-state index contributed by atoms with van der Waals surface area (Å²) in [6, 6.07) is 21.6. The van der Waals surface area contributed by atoms with E-state index in [0.717, 1.165) is 12.0 Å². The Balaban J connectivity index is 1.76. The first-order valence-electron chi connectivity index (χ1n) is 10.0. The zero-order valence-electron chi connectivity index (χ0n) is 17.0. The Kier molecular flexibility index (Phi) is 7.33. The molecule has 30 heavy (non-hydrogen) atoms. The van der Waals surface area contributed by atoms with Gasteiger partial charge in [-0.1, -0.05) is 54.6 Å². The van der Waals surface area contributed by atoms with Gasteiger partial charge >= 0.3 is 5.97 Å². The number of ketones is 1. The molecule has 0 unspecified atom stereocenters. The van der Waals surface area contributed by atoms with Crippen molar-refractivity contribution in [2.75, 3.05) is 6.61 Å². The minimum atomic E-state index is -0.434. The van der Waals surface area contributed by atoms with Gasteiger partial charge in [-0.05, 0) is 42.2 Å². The summed E-state index contributed by atoms with van der Waals surface area (Å²) in [5.74, 6) is -0.985. The quantitative estimate of drug-likeness (QED) is 0.421. The largest absolute Gasteiger partial charge is 0.506 e. The summed E-state index contributed by atoms with van der Waals surface area (Å²) in [7, 11) is 0. The van der Waals surface area contributed by atoms with Crippen LogP contribution in [-0.4, -0.2) is 28.4 Å². The van der Waals surface area contributed by atoms with Crippen LogP contribution >= 0.6 is 0 Å². The molecule has 1 N–H and O–H groups in total. The number of carbonyl (C=O) groups excluding carboxylic acids is 2. The smallest absolute Gasteiger partial charge is 0.306 e. The molecule has 3 aromatic rings. The molecule has 0 fully saturated rings. The average molecular weight is 403 g/mol. The lowest BCUT2D eigenvalue weighted by atomic mass is 9.96. The topological polar surface area (TPSA) is 76.5 Å². The predicted molar refractivity (Wildman–Crippen MR) is 115 cm³/mol. The Labute approximate surface area is 176 Å². The molecule has 0 saturated carbocycles. The van der Waals surface area contributed by atoms with Crippen LogP contribution in [0.2, 0.25) is 0 Å². The Morgan fingerprint density at radius 2 is 1.53 bits per heavy atom. The van der Waals surface area contributed by atoms with Crippen LogP contribution < -0.4 is 0 Å². The van der Waals surface area contributed by atoms with Gasteiger partial charge < -0.3 is 9.84 Å². The molecule has 1 heterocycles. The molecule has 0 aliphatic heterocycles. The molecule has 2 aromatic carbocycles. The Bertz CT molecular complexity index is 1010. The third kappa shape index (κ3) is 5.77. The fourth-order valence-corrected chi connectivity index (χ4v) is 3.28. The highest BCUT2D eigenvalue weighted by molar-refractivity contribution is 5.98. The lowest BCUT2D eigenvalue weighted by molar-refractivity contribution is -0.143. The van der Waals surface area contributed by atoms with Crippen LogP contribution in [0.5, 0.6) is 5.75 Å². The predicted octanol–water partition coefficient (Wildman–Crippen LogP) is 4.49. The van der Waals surface area contributed by atoms with Gasteiger partial charge in [-0.2, -0.15) is 0 Å². The van der Waals surface area contributed by atoms with E-state index in [-0.39, 0.29) is 36.7 Å². The number of pyridine rings is 1.